The Hall–Kier alpha value is -13.4. The Morgan fingerprint density at radius 1 is 0.452 bits per heavy atom. The standard InChI is InChI=1S/C79H116N20O25/c1-37(2)27-51(70(115)93-53(29-39(5)6)71(116)95-55(32-44-35-83-36-85-44)74(119)98-58(78(123)124)31-43-14-18-46(101)19-15-43)91-67(112)49(20-23-59(80)102)90-76(121)57(34-63(108)109)96-72(117)52(28-38(3)4)92-68(113)50(22-25-61(104)105)88-65(110)41(9)86-77(122)64(40(7)8)99-69(114)47(11-10-26-84-79(81)82)89-75(120)56(33-62(106)107)97-73(118)54(30-42-12-16-45(100)17-13-42)94-66(111)48-21-24-60(103)87-48/h12-19,35-41,44,47-58,64,100-101H,10-11,20-34H2,1-9H3,(H2,80,102)(H,86,122)(H,87,103)(H,88,110)(H,89,120)(H,90,121)(H,91,112)(H,92,113)(H,93,115)(H,94,111)(H,95,116)(H,96,117)(H,97,118)(H,98,119)(H,99,114)(H,104,105)(H,106,107)(H,108,109)(H,123,124)(H4,81,82,84)/t41-,44?,47-,48-,49-,50-,51-,52-,53-,54-,55-,56-,57-,58-,64-/m0/s1. The molecule has 15 amide bonds. The van der Waals surface area contributed by atoms with Gasteiger partial charge in [0.15, 0.2) is 5.96 Å². The highest BCUT2D eigenvalue weighted by Crippen LogP contribution is 2.19. The van der Waals surface area contributed by atoms with Gasteiger partial charge in [0.25, 0.3) is 0 Å². The molecule has 0 radical (unpaired) electrons. The number of benzene rings is 2. The first-order valence-corrected chi connectivity index (χ1v) is 40.3. The Bertz CT molecular complexity index is 4210. The fraction of sp³-hybridized carbons (Fsp3) is 0.570. The molecule has 2 aliphatic rings. The largest absolute Gasteiger partial charge is 0.508 e. The number of phenolic OH excluding ortho intramolecular Hbond substituents is 2. The van der Waals surface area contributed by atoms with Crippen LogP contribution in [0.15, 0.2) is 58.5 Å². The third-order valence-corrected chi connectivity index (χ3v) is 19.3. The molecule has 124 heavy (non-hydrogen) atoms. The van der Waals surface area contributed by atoms with Crippen LogP contribution in [-0.4, -0.2) is 259 Å². The van der Waals surface area contributed by atoms with Crippen molar-refractivity contribution in [2.24, 2.45) is 45.1 Å². The van der Waals surface area contributed by atoms with Crippen LogP contribution >= 0.6 is 0 Å². The molecule has 682 valence electrons. The van der Waals surface area contributed by atoms with E-state index >= 15 is 0 Å². The van der Waals surface area contributed by atoms with Crippen LogP contribution in [0.2, 0.25) is 0 Å². The Morgan fingerprint density at radius 2 is 0.839 bits per heavy atom. The summed E-state index contributed by atoms with van der Waals surface area (Å²) in [6.07, 6.45) is -3.91. The van der Waals surface area contributed by atoms with Gasteiger partial charge in [-0.15, -0.1) is 0 Å². The summed E-state index contributed by atoms with van der Waals surface area (Å²) < 4.78 is 0. The van der Waals surface area contributed by atoms with E-state index in [2.05, 4.69) is 89.7 Å². The van der Waals surface area contributed by atoms with Crippen LogP contribution < -0.4 is 91.2 Å². The van der Waals surface area contributed by atoms with Crippen molar-refractivity contribution in [1.82, 2.24) is 79.8 Å². The van der Waals surface area contributed by atoms with Crippen LogP contribution in [0.1, 0.15) is 163 Å². The van der Waals surface area contributed by atoms with Crippen LogP contribution in [-0.2, 0) is 104 Å². The van der Waals surface area contributed by atoms with Gasteiger partial charge in [0.2, 0.25) is 88.6 Å². The third-order valence-electron chi connectivity index (χ3n) is 19.3. The molecule has 0 aromatic heterocycles. The van der Waals surface area contributed by atoms with Crippen LogP contribution in [0.3, 0.4) is 0 Å². The first kappa shape index (κ1) is 103. The fourth-order valence-corrected chi connectivity index (χ4v) is 12.8. The Kier molecular flexibility index (Phi) is 42.1. The zero-order valence-electron chi connectivity index (χ0n) is 70.3. The molecule has 26 N–H and O–H groups in total. The lowest BCUT2D eigenvalue weighted by molar-refractivity contribution is -0.142. The van der Waals surface area contributed by atoms with E-state index in [1.807, 2.05) is 0 Å². The maximum Gasteiger partial charge on any atom is 0.326 e. The van der Waals surface area contributed by atoms with Crippen molar-refractivity contribution in [3.8, 4) is 11.5 Å². The van der Waals surface area contributed by atoms with E-state index in [-0.39, 0.29) is 88.2 Å². The number of rotatable bonds is 54. The number of nitrogens with two attached hydrogens (primary N) is 2. The van der Waals surface area contributed by atoms with Gasteiger partial charge in [-0.1, -0.05) is 79.7 Å². The summed E-state index contributed by atoms with van der Waals surface area (Å²) in [6.45, 7) is 13.9. The number of nitrogens with one attached hydrogen (secondary N) is 16. The molecule has 0 aliphatic carbocycles. The summed E-state index contributed by atoms with van der Waals surface area (Å²) in [5.41, 5.74) is 11.7. The number of phenols is 2. The first-order chi connectivity index (χ1) is 58.2. The van der Waals surface area contributed by atoms with Crippen molar-refractivity contribution in [2.75, 3.05) is 6.54 Å². The number of aromatic hydroxyl groups is 2. The van der Waals surface area contributed by atoms with Gasteiger partial charge in [-0.2, -0.15) is 0 Å². The Morgan fingerprint density at radius 3 is 1.24 bits per heavy atom. The first-order valence-electron chi connectivity index (χ1n) is 40.3. The smallest absolute Gasteiger partial charge is 0.326 e. The number of nitrogens with zero attached hydrogens (tertiary/aromatic N) is 2. The molecule has 2 heterocycles. The molecule has 0 saturated carbocycles. The third kappa shape index (κ3) is 37.3. The molecular weight excluding hydrogens is 1630 g/mol. The van der Waals surface area contributed by atoms with Gasteiger partial charge in [0.1, 0.15) is 102 Å². The van der Waals surface area contributed by atoms with Crippen molar-refractivity contribution in [3.05, 3.63) is 59.7 Å². The lowest BCUT2D eigenvalue weighted by atomic mass is 9.98. The second-order valence-electron chi connectivity index (χ2n) is 31.7. The van der Waals surface area contributed by atoms with Crippen LogP contribution in [0, 0.1) is 29.1 Å². The average Bonchev–Trinajstić information content (AvgIpc) is 1.58. The monoisotopic (exact) mass is 1740 g/mol. The zero-order valence-corrected chi connectivity index (χ0v) is 70.3. The number of aliphatic imine (C=N–C) groups is 2. The summed E-state index contributed by atoms with van der Waals surface area (Å²) >= 11 is 0. The van der Waals surface area contributed by atoms with Crippen molar-refractivity contribution in [1.29, 1.82) is 5.41 Å². The number of carboxylic acid groups (broad SMARTS) is 4. The molecule has 0 bridgehead atoms. The van der Waals surface area contributed by atoms with E-state index in [0.29, 0.717) is 11.1 Å². The normalized spacial score (nSPS) is 16.5. The number of amides is 15. The predicted octanol–water partition coefficient (Wildman–Crippen LogP) is -4.42. The average molecular weight is 1750 g/mol. The van der Waals surface area contributed by atoms with E-state index < -0.39 is 265 Å². The van der Waals surface area contributed by atoms with Crippen molar-refractivity contribution >= 4 is 131 Å². The predicted molar refractivity (Wildman–Crippen MR) is 441 cm³/mol. The molecule has 2 aliphatic heterocycles. The van der Waals surface area contributed by atoms with Gasteiger partial charge in [-0.05, 0) is 117 Å². The van der Waals surface area contributed by atoms with E-state index in [9.17, 15) is 122 Å². The summed E-state index contributed by atoms with van der Waals surface area (Å²) in [4.78, 5) is 266. The number of primary amides is 1. The maximum atomic E-state index is 14.5. The van der Waals surface area contributed by atoms with Crippen molar-refractivity contribution in [3.63, 3.8) is 0 Å². The molecule has 45 nitrogen and oxygen atoms in total. The van der Waals surface area contributed by atoms with Crippen LogP contribution in [0.5, 0.6) is 11.5 Å². The van der Waals surface area contributed by atoms with Crippen LogP contribution in [0.25, 0.3) is 0 Å². The van der Waals surface area contributed by atoms with E-state index in [0.717, 1.165) is 6.92 Å². The fourth-order valence-electron chi connectivity index (χ4n) is 12.8. The highest BCUT2D eigenvalue weighted by molar-refractivity contribution is 6.02. The number of carbonyl (C=O) groups excluding carboxylic acids is 15. The number of carboxylic acids is 4. The van der Waals surface area contributed by atoms with Crippen molar-refractivity contribution in [2.45, 2.75) is 256 Å². The maximum absolute atomic E-state index is 14.5. The summed E-state index contributed by atoms with van der Waals surface area (Å²) in [6, 6.07) is -12.7. The summed E-state index contributed by atoms with van der Waals surface area (Å²) in [5.74, 6) is -24.7. The molecule has 15 atom stereocenters. The number of aliphatic carboxylic acids is 4. The van der Waals surface area contributed by atoms with E-state index in [1.54, 1.807) is 41.5 Å². The van der Waals surface area contributed by atoms with Gasteiger partial charge in [-0.25, -0.2) is 9.79 Å². The molecule has 45 heteroatoms. The highest BCUT2D eigenvalue weighted by atomic mass is 16.4. The molecule has 2 aromatic rings. The Labute approximate surface area is 713 Å². The minimum atomic E-state index is -2.11. The Balaban J connectivity index is 1.55. The lowest BCUT2D eigenvalue weighted by Crippen LogP contribution is -2.61. The van der Waals surface area contributed by atoms with Gasteiger partial charge >= 0.3 is 23.9 Å². The highest BCUT2D eigenvalue weighted by Gasteiger charge is 2.41. The van der Waals surface area contributed by atoms with Crippen molar-refractivity contribution < 1.29 is 122 Å². The second kappa shape index (κ2) is 50.7. The topological polar surface area (TPSA) is 727 Å². The molecular formula is C79H116N20O25. The number of guanidine groups is 1. The SMILES string of the molecule is CC(C)C[C@H](NC(=O)[C@H](CCC(=O)O)NC(=O)[C@H](C)NC(=O)[C@@H](NC(=O)[C@H](CCCNC(=N)N)NC(=O)[C@H](CC(=O)O)NC(=O)[C@H](Cc1ccc(O)cc1)NC(=O)[C@@H]1CCC(=O)N1)C(C)C)C(=O)N[C@@H](CC(=O)O)C(=O)N[C@@H](CCC(N)=O)C(=O)N[C@@H](CC(C)C)C(=O)N[C@@H](CC(C)C)C(=O)N[C@@H](CC1C=NC=N1)C(=O)N[C@@H](Cc1ccc(O)cc1)C(=O)O. The molecule has 2 aromatic carbocycles. The second-order valence-corrected chi connectivity index (χ2v) is 31.7. The zero-order chi connectivity index (χ0) is 92.9. The molecule has 4 rings (SSSR count). The van der Waals surface area contributed by atoms with Gasteiger partial charge in [0.05, 0.1) is 18.9 Å². The molecule has 1 saturated heterocycles. The number of hydrogen-bond donors (Lipinski definition) is 24. The number of hydrogen-bond acceptors (Lipinski definition) is 24. The molecule has 0 spiro atoms. The lowest BCUT2D eigenvalue weighted by Gasteiger charge is -2.29. The molecule has 1 fully saturated rings. The summed E-state index contributed by atoms with van der Waals surface area (Å²) in [7, 11) is 0. The number of carbonyl (C=O) groups is 19. The quantitative estimate of drug-likeness (QED) is 0.0169. The molecule has 1 unspecified atom stereocenters. The summed E-state index contributed by atoms with van der Waals surface area (Å²) in [5, 5.41) is 104. The van der Waals surface area contributed by atoms with Gasteiger partial charge in [0, 0.05) is 51.3 Å². The van der Waals surface area contributed by atoms with Gasteiger partial charge in [-0.3, -0.25) is 96.7 Å². The minimum Gasteiger partial charge on any atom is -0.508 e. The van der Waals surface area contributed by atoms with Gasteiger partial charge < -0.3 is 122 Å². The van der Waals surface area contributed by atoms with E-state index in [1.165, 1.54) is 74.9 Å². The van der Waals surface area contributed by atoms with Crippen LogP contribution in [0.4, 0.5) is 0 Å². The minimum absolute atomic E-state index is 0.00648. The van der Waals surface area contributed by atoms with E-state index in [4.69, 9.17) is 16.9 Å².